The van der Waals surface area contributed by atoms with Gasteiger partial charge in [-0.15, -0.1) is 30.5 Å². The Labute approximate surface area is 114 Å². The minimum absolute atomic E-state index is 0.440. The normalized spacial score (nSPS) is 15.5. The third-order valence-corrected chi connectivity index (χ3v) is 7.95. The molecule has 0 spiro atoms. The van der Waals surface area contributed by atoms with Crippen molar-refractivity contribution in [2.45, 2.75) is 4.90 Å². The fourth-order valence-electron chi connectivity index (χ4n) is 1.02. The first kappa shape index (κ1) is 18.7. The van der Waals surface area contributed by atoms with Crippen LogP contribution in [0.3, 0.4) is 0 Å². The van der Waals surface area contributed by atoms with Crippen molar-refractivity contribution in [1.29, 1.82) is 0 Å². The molecule has 0 amide bonds. The molecule has 0 bridgehead atoms. The molecule has 0 saturated heterocycles. The van der Waals surface area contributed by atoms with Crippen molar-refractivity contribution in [2.75, 3.05) is 0 Å². The molecule has 0 radical (unpaired) electrons. The van der Waals surface area contributed by atoms with Gasteiger partial charge in [0.15, 0.2) is 0 Å². The molecule has 0 aliphatic rings. The summed E-state index contributed by atoms with van der Waals surface area (Å²) in [5, 5.41) is 0. The van der Waals surface area contributed by atoms with Crippen molar-refractivity contribution in [3.05, 3.63) is 30.3 Å². The molecular formula is C6H7F5O7P2S. The summed E-state index contributed by atoms with van der Waals surface area (Å²) in [5.41, 5.74) is 0. The molecule has 1 rings (SSSR count). The number of hydrogen-bond acceptors (Lipinski definition) is 5. The maximum atomic E-state index is 14.0. The van der Waals surface area contributed by atoms with Crippen molar-refractivity contribution in [3.63, 3.8) is 0 Å². The van der Waals surface area contributed by atoms with E-state index in [1.807, 2.05) is 0 Å². The summed E-state index contributed by atoms with van der Waals surface area (Å²) in [5.74, 6) is 0. The third-order valence-electron chi connectivity index (χ3n) is 1.87. The summed E-state index contributed by atoms with van der Waals surface area (Å²) in [6, 6.07) is 3.87. The topological polar surface area (TPSA) is 94.5 Å². The maximum Gasteiger partial charge on any atom is 0.497 e. The van der Waals surface area contributed by atoms with Crippen molar-refractivity contribution in [2.24, 2.45) is 0 Å². The van der Waals surface area contributed by atoms with Crippen LogP contribution in [-0.2, 0) is 32.9 Å². The van der Waals surface area contributed by atoms with Crippen LogP contribution in [0.15, 0.2) is 35.2 Å². The highest BCUT2D eigenvalue weighted by Crippen LogP contribution is 2.73. The van der Waals surface area contributed by atoms with E-state index >= 15 is 0 Å². The molecule has 0 atom stereocenters. The Morgan fingerprint density at radius 3 is 1.81 bits per heavy atom. The lowest BCUT2D eigenvalue weighted by atomic mass is 10.4. The van der Waals surface area contributed by atoms with Gasteiger partial charge in [-0.3, -0.25) is 0 Å². The van der Waals surface area contributed by atoms with Gasteiger partial charge in [0.2, 0.25) is 9.50 Å². The van der Waals surface area contributed by atoms with Gasteiger partial charge >= 0.3 is 14.5 Å². The van der Waals surface area contributed by atoms with Gasteiger partial charge in [0.1, 0.15) is 0 Å². The van der Waals surface area contributed by atoms with Crippen LogP contribution in [-0.4, -0.2) is 9.79 Å². The number of hydrogen-bond donors (Lipinski definition) is 2. The van der Waals surface area contributed by atoms with Crippen molar-refractivity contribution in [1.82, 2.24) is 0 Å². The summed E-state index contributed by atoms with van der Waals surface area (Å²) in [6.07, 6.45) is 0. The van der Waals surface area contributed by atoms with Gasteiger partial charge < -0.3 is 9.79 Å². The number of benzene rings is 1. The molecule has 7 nitrogen and oxygen atoms in total. The number of rotatable bonds is 6. The first-order valence-electron chi connectivity index (χ1n) is 4.55. The van der Waals surface area contributed by atoms with E-state index < -0.39 is 28.9 Å². The van der Waals surface area contributed by atoms with E-state index in [9.17, 15) is 25.3 Å². The Morgan fingerprint density at radius 1 is 0.952 bits per heavy atom. The van der Waals surface area contributed by atoms with E-state index in [2.05, 4.69) is 18.8 Å². The lowest BCUT2D eigenvalue weighted by Crippen LogP contribution is -2.17. The monoisotopic (exact) mass is 380 g/mol. The highest BCUT2D eigenvalue weighted by Gasteiger charge is 2.56. The smallest absolute Gasteiger partial charge is 0.301 e. The Morgan fingerprint density at radius 2 is 1.43 bits per heavy atom. The Balaban J connectivity index is 3.64. The lowest BCUT2D eigenvalue weighted by Gasteiger charge is -2.29. The lowest BCUT2D eigenvalue weighted by molar-refractivity contribution is -0.190. The molecule has 0 aliphatic heterocycles. The van der Waals surface area contributed by atoms with Gasteiger partial charge in [-0.2, -0.15) is 0 Å². The highest BCUT2D eigenvalue weighted by molar-refractivity contribution is 8.42. The molecule has 0 saturated carbocycles. The third kappa shape index (κ3) is 3.70. The first-order valence-corrected chi connectivity index (χ1v) is 9.97. The summed E-state index contributed by atoms with van der Waals surface area (Å²) in [6.45, 7) is -6.53. The second kappa shape index (κ2) is 6.03. The minimum atomic E-state index is -7.93. The Bertz CT molecular complexity index is 623. The summed E-state index contributed by atoms with van der Waals surface area (Å²) < 4.78 is 88.3. The van der Waals surface area contributed by atoms with Gasteiger partial charge in [-0.25, -0.2) is 4.57 Å². The van der Waals surface area contributed by atoms with Crippen molar-refractivity contribution >= 4 is 24.0 Å². The fraction of sp³-hybridized carbons (Fsp3) is 0. The van der Waals surface area contributed by atoms with E-state index in [-0.39, 0.29) is 0 Å². The van der Waals surface area contributed by atoms with E-state index in [0.29, 0.717) is 12.1 Å². The van der Waals surface area contributed by atoms with Crippen LogP contribution in [0.2, 0.25) is 0 Å². The zero-order valence-electron chi connectivity index (χ0n) is 9.51. The molecule has 0 unspecified atom stereocenters. The largest absolute Gasteiger partial charge is 0.497 e. The second-order valence-corrected chi connectivity index (χ2v) is 10.7. The van der Waals surface area contributed by atoms with Gasteiger partial charge in [-0.05, 0) is 21.2 Å². The summed E-state index contributed by atoms with van der Waals surface area (Å²) in [4.78, 5) is 15.0. The molecular weight excluding hydrogens is 373 g/mol. The minimum Gasteiger partial charge on any atom is -0.301 e. The van der Waals surface area contributed by atoms with Crippen LogP contribution in [0.1, 0.15) is 0 Å². The molecule has 124 valence electrons. The molecule has 15 heteroatoms. The maximum absolute atomic E-state index is 14.0. The number of phosphoric acid groups is 1. The second-order valence-electron chi connectivity index (χ2n) is 3.24. The van der Waals surface area contributed by atoms with Crippen LogP contribution in [0.5, 0.6) is 0 Å². The molecule has 0 aliphatic carbocycles. The molecule has 21 heavy (non-hydrogen) atoms. The zero-order chi connectivity index (χ0) is 16.4. The SMILES string of the molecule is O=P(O)(O)OOP(OF)(OF)=S(F)(F)(F)c1ccccc1. The van der Waals surface area contributed by atoms with Gasteiger partial charge in [0.25, 0.3) is 0 Å². The van der Waals surface area contributed by atoms with Crippen molar-refractivity contribution < 1.29 is 53.9 Å². The first-order chi connectivity index (χ1) is 9.47. The molecule has 0 aromatic heterocycles. The summed E-state index contributed by atoms with van der Waals surface area (Å²) in [7, 11) is -13.6. The van der Waals surface area contributed by atoms with Gasteiger partial charge in [0.05, 0.1) is 4.90 Å². The predicted molar refractivity (Wildman–Crippen MR) is 60.9 cm³/mol. The van der Waals surface area contributed by atoms with Gasteiger partial charge in [0, 0.05) is 0 Å². The van der Waals surface area contributed by atoms with E-state index in [4.69, 9.17) is 9.79 Å². The molecule has 0 fully saturated rings. The van der Waals surface area contributed by atoms with Crippen LogP contribution in [0.25, 0.3) is 0 Å². The van der Waals surface area contributed by atoms with E-state index in [1.165, 1.54) is 6.07 Å². The average Bonchev–Trinajstić information content (AvgIpc) is 2.39. The van der Waals surface area contributed by atoms with Crippen LogP contribution in [0, 0.1) is 0 Å². The van der Waals surface area contributed by atoms with E-state index in [0.717, 1.165) is 12.1 Å². The Hall–Kier alpha value is -0.360. The quantitative estimate of drug-likeness (QED) is 0.334. The standard InChI is InChI=1S/C6H7F5O7P2S/c7-15-20(16-8,18-17-19(12,13)14)21(9,10,11)6-4-2-1-3-5-6/h1-5H,(H2,12,13,14). The van der Waals surface area contributed by atoms with Crippen molar-refractivity contribution in [3.8, 4) is 0 Å². The van der Waals surface area contributed by atoms with Crippen LogP contribution in [0.4, 0.5) is 20.7 Å². The van der Waals surface area contributed by atoms with Crippen LogP contribution < -0.4 is 0 Å². The van der Waals surface area contributed by atoms with Crippen LogP contribution >= 0.6 is 14.5 Å². The summed E-state index contributed by atoms with van der Waals surface area (Å²) >= 11 is 0. The Kier molecular flexibility index (Phi) is 5.37. The molecule has 1 aromatic rings. The van der Waals surface area contributed by atoms with Gasteiger partial charge in [-0.1, -0.05) is 18.2 Å². The zero-order valence-corrected chi connectivity index (χ0v) is 12.1. The predicted octanol–water partition coefficient (Wildman–Crippen LogP) is 3.91. The van der Waals surface area contributed by atoms with E-state index in [1.54, 1.807) is 0 Å². The number of halogens is 5. The molecule has 0 heterocycles. The molecule has 1 aromatic carbocycles. The average molecular weight is 380 g/mol. The fourth-order valence-corrected chi connectivity index (χ4v) is 5.13. The highest BCUT2D eigenvalue weighted by atomic mass is 32.7. The molecule has 2 N–H and O–H groups in total.